The van der Waals surface area contributed by atoms with E-state index in [-0.39, 0.29) is 23.8 Å². The number of nitrogen functional groups attached to an aromatic ring is 2. The van der Waals surface area contributed by atoms with Gasteiger partial charge in [-0.2, -0.15) is 4.98 Å². The monoisotopic (exact) mass is 435 g/mol. The molecule has 5 N–H and O–H groups in total. The van der Waals surface area contributed by atoms with Crippen molar-refractivity contribution in [3.63, 3.8) is 0 Å². The second-order valence-electron chi connectivity index (χ2n) is 8.24. The van der Waals surface area contributed by atoms with Crippen molar-refractivity contribution in [2.75, 3.05) is 42.7 Å². The maximum absolute atomic E-state index is 12.7. The summed E-state index contributed by atoms with van der Waals surface area (Å²) in [4.78, 5) is 27.7. The topological polar surface area (TPSA) is 132 Å². The lowest BCUT2D eigenvalue weighted by atomic mass is 9.94. The summed E-state index contributed by atoms with van der Waals surface area (Å²) in [6.45, 7) is 4.73. The molecule has 0 saturated carbocycles. The number of carbonyl (C=O) groups excluding carboxylic acids is 1. The minimum absolute atomic E-state index is 0.00441. The van der Waals surface area contributed by atoms with E-state index in [0.717, 1.165) is 42.5 Å². The number of nitrogens with one attached hydrogen (secondary N) is 1. The number of hydrogen-bond acceptors (Lipinski definition) is 8. The largest absolute Gasteiger partial charge is 0.384 e. The summed E-state index contributed by atoms with van der Waals surface area (Å²) in [5.41, 5.74) is 13.8. The zero-order valence-corrected chi connectivity index (χ0v) is 18.3. The molecule has 2 aliphatic rings. The maximum Gasteiger partial charge on any atom is 0.223 e. The molecule has 32 heavy (non-hydrogen) atoms. The van der Waals surface area contributed by atoms with Crippen molar-refractivity contribution in [2.24, 2.45) is 5.92 Å². The van der Waals surface area contributed by atoms with E-state index in [9.17, 15) is 4.79 Å². The number of piperidine rings is 1. The third kappa shape index (κ3) is 5.26. The summed E-state index contributed by atoms with van der Waals surface area (Å²) in [5.74, 6) is 7.83. The normalized spacial score (nSPS) is 17.5. The molecule has 0 bridgehead atoms. The van der Waals surface area contributed by atoms with Crippen molar-refractivity contribution >= 4 is 23.5 Å². The minimum Gasteiger partial charge on any atom is -0.384 e. The van der Waals surface area contributed by atoms with Crippen molar-refractivity contribution in [3.05, 3.63) is 35.2 Å². The molecule has 2 aliphatic heterocycles. The van der Waals surface area contributed by atoms with E-state index in [1.165, 1.54) is 0 Å². The molecule has 0 unspecified atom stereocenters. The number of carbonyl (C=O) groups is 1. The molecule has 4 heterocycles. The molecule has 2 aromatic rings. The lowest BCUT2D eigenvalue weighted by Crippen LogP contribution is -2.45. The lowest BCUT2D eigenvalue weighted by molar-refractivity contribution is -0.126. The van der Waals surface area contributed by atoms with Crippen LogP contribution in [0.3, 0.4) is 0 Å². The highest BCUT2D eigenvalue weighted by Crippen LogP contribution is 2.27. The van der Waals surface area contributed by atoms with Crippen LogP contribution in [0.25, 0.3) is 0 Å². The molecular weight excluding hydrogens is 406 g/mol. The molecular formula is C23H29N7O2. The molecule has 2 fully saturated rings. The number of rotatable bonds is 3. The van der Waals surface area contributed by atoms with Gasteiger partial charge in [0, 0.05) is 50.0 Å². The van der Waals surface area contributed by atoms with E-state index >= 15 is 0 Å². The van der Waals surface area contributed by atoms with Crippen LogP contribution in [0.1, 0.15) is 42.5 Å². The van der Waals surface area contributed by atoms with Gasteiger partial charge in [-0.05, 0) is 44.7 Å². The van der Waals surface area contributed by atoms with Crippen LogP contribution in [0.15, 0.2) is 18.3 Å². The summed E-state index contributed by atoms with van der Waals surface area (Å²) < 4.78 is 5.37. The van der Waals surface area contributed by atoms with E-state index in [4.69, 9.17) is 16.2 Å². The van der Waals surface area contributed by atoms with E-state index in [0.29, 0.717) is 37.9 Å². The molecule has 2 aromatic heterocycles. The summed E-state index contributed by atoms with van der Waals surface area (Å²) in [6, 6.07) is 3.77. The van der Waals surface area contributed by atoms with Crippen molar-refractivity contribution in [1.82, 2.24) is 20.3 Å². The Hall–Kier alpha value is -3.38. The minimum atomic E-state index is 0.00441. The first-order valence-corrected chi connectivity index (χ1v) is 11.0. The highest BCUT2D eigenvalue weighted by molar-refractivity contribution is 5.79. The Morgan fingerprint density at radius 1 is 1.12 bits per heavy atom. The molecule has 0 aromatic carbocycles. The predicted octanol–water partition coefficient (Wildman–Crippen LogP) is 1.26. The Bertz CT molecular complexity index is 1020. The van der Waals surface area contributed by atoms with Crippen LogP contribution in [0.5, 0.6) is 0 Å². The summed E-state index contributed by atoms with van der Waals surface area (Å²) >= 11 is 0. The van der Waals surface area contributed by atoms with Gasteiger partial charge < -0.3 is 26.4 Å². The molecule has 0 spiro atoms. The Kier molecular flexibility index (Phi) is 6.71. The molecule has 0 aliphatic carbocycles. The average Bonchev–Trinajstić information content (AvgIpc) is 2.80. The number of aromatic nitrogens is 3. The van der Waals surface area contributed by atoms with Crippen LogP contribution in [0, 0.1) is 24.7 Å². The Balaban J connectivity index is 1.46. The number of pyridine rings is 1. The fourth-order valence-electron chi connectivity index (χ4n) is 4.08. The zero-order valence-electron chi connectivity index (χ0n) is 18.3. The smallest absolute Gasteiger partial charge is 0.223 e. The van der Waals surface area contributed by atoms with E-state index in [1.807, 2.05) is 13.0 Å². The second-order valence-corrected chi connectivity index (χ2v) is 8.24. The molecule has 0 radical (unpaired) electrons. The number of anilines is 3. The van der Waals surface area contributed by atoms with Crippen LogP contribution in [-0.2, 0) is 9.53 Å². The second kappa shape index (κ2) is 9.83. The van der Waals surface area contributed by atoms with Crippen LogP contribution >= 0.6 is 0 Å². The third-order valence-corrected chi connectivity index (χ3v) is 5.94. The molecule has 9 nitrogen and oxygen atoms in total. The van der Waals surface area contributed by atoms with Crippen molar-refractivity contribution in [1.29, 1.82) is 0 Å². The van der Waals surface area contributed by atoms with Gasteiger partial charge in [-0.25, -0.2) is 9.97 Å². The first-order chi connectivity index (χ1) is 15.5. The maximum atomic E-state index is 12.7. The Morgan fingerprint density at radius 3 is 2.56 bits per heavy atom. The van der Waals surface area contributed by atoms with Crippen LogP contribution < -0.4 is 21.7 Å². The molecule has 1 amide bonds. The van der Waals surface area contributed by atoms with Crippen LogP contribution in [0.4, 0.5) is 17.6 Å². The van der Waals surface area contributed by atoms with E-state index < -0.39 is 0 Å². The predicted molar refractivity (Wildman–Crippen MR) is 123 cm³/mol. The van der Waals surface area contributed by atoms with Gasteiger partial charge in [-0.3, -0.25) is 4.79 Å². The fourth-order valence-corrected chi connectivity index (χ4v) is 4.08. The summed E-state index contributed by atoms with van der Waals surface area (Å²) in [6.07, 6.45) is 4.92. The number of hydrogen-bond donors (Lipinski definition) is 3. The molecule has 4 rings (SSSR count). The molecule has 168 valence electrons. The van der Waals surface area contributed by atoms with Gasteiger partial charge in [0.25, 0.3) is 0 Å². The molecule has 2 saturated heterocycles. The first kappa shape index (κ1) is 21.8. The van der Waals surface area contributed by atoms with Gasteiger partial charge in [0.15, 0.2) is 0 Å². The van der Waals surface area contributed by atoms with Crippen LogP contribution in [0.2, 0.25) is 0 Å². The standard InChI is InChI=1S/C23H29N7O2/c1-15-19(4-2-16-3-5-20(24)26-14-16)21(29-23(25)27-15)30-10-6-17(7-11-30)22(31)28-18-8-12-32-13-9-18/h3,5,14,17-18H,6-13H2,1H3,(H2,24,26)(H,28,31)(H2,25,27,29). The number of ether oxygens (including phenoxy) is 1. The summed E-state index contributed by atoms with van der Waals surface area (Å²) in [5, 5.41) is 3.19. The molecule has 9 heteroatoms. The van der Waals surface area contributed by atoms with Crippen molar-refractivity contribution < 1.29 is 9.53 Å². The zero-order chi connectivity index (χ0) is 22.5. The number of aryl methyl sites for hydroxylation is 1. The van der Waals surface area contributed by atoms with Crippen molar-refractivity contribution in [3.8, 4) is 11.8 Å². The lowest BCUT2D eigenvalue weighted by Gasteiger charge is -2.34. The highest BCUT2D eigenvalue weighted by atomic mass is 16.5. The van der Waals surface area contributed by atoms with E-state index in [1.54, 1.807) is 12.3 Å². The van der Waals surface area contributed by atoms with Crippen molar-refractivity contribution in [2.45, 2.75) is 38.6 Å². The van der Waals surface area contributed by atoms with Gasteiger partial charge >= 0.3 is 0 Å². The van der Waals surface area contributed by atoms with Gasteiger partial charge in [0.2, 0.25) is 11.9 Å². The Morgan fingerprint density at radius 2 is 1.88 bits per heavy atom. The van der Waals surface area contributed by atoms with Crippen LogP contribution in [-0.4, -0.2) is 53.2 Å². The van der Waals surface area contributed by atoms with E-state index in [2.05, 4.69) is 37.0 Å². The Labute approximate surface area is 188 Å². The quantitative estimate of drug-likeness (QED) is 0.614. The summed E-state index contributed by atoms with van der Waals surface area (Å²) in [7, 11) is 0. The molecule has 0 atom stereocenters. The fraction of sp³-hybridized carbons (Fsp3) is 0.478. The van der Waals surface area contributed by atoms with Gasteiger partial charge in [0.05, 0.1) is 11.3 Å². The van der Waals surface area contributed by atoms with Gasteiger partial charge in [-0.1, -0.05) is 11.8 Å². The van der Waals surface area contributed by atoms with Gasteiger partial charge in [-0.15, -0.1) is 0 Å². The highest BCUT2D eigenvalue weighted by Gasteiger charge is 2.29. The van der Waals surface area contributed by atoms with Gasteiger partial charge in [0.1, 0.15) is 11.6 Å². The average molecular weight is 436 g/mol. The first-order valence-electron chi connectivity index (χ1n) is 11.0. The number of amides is 1. The number of nitrogens with two attached hydrogens (primary N) is 2. The number of nitrogens with zero attached hydrogens (tertiary/aromatic N) is 4. The third-order valence-electron chi connectivity index (χ3n) is 5.94. The SMILES string of the molecule is Cc1nc(N)nc(N2CCC(C(=O)NC3CCOCC3)CC2)c1C#Cc1ccc(N)nc1.